The predicted molar refractivity (Wildman–Crippen MR) is 93.8 cm³/mol. The van der Waals surface area contributed by atoms with Crippen molar-refractivity contribution in [1.82, 2.24) is 10.6 Å². The molecular weight excluding hydrogens is 294 g/mol. The average molecular weight is 323 g/mol. The molecular formula is C17H29N3O3. The number of hydrogen-bond donors (Lipinski definition) is 2. The van der Waals surface area contributed by atoms with E-state index in [4.69, 9.17) is 14.2 Å². The second-order valence-corrected chi connectivity index (χ2v) is 5.49. The number of benzene rings is 1. The minimum Gasteiger partial charge on any atom is -0.496 e. The summed E-state index contributed by atoms with van der Waals surface area (Å²) in [5, 5.41) is 6.56. The Bertz CT molecular complexity index is 516. The monoisotopic (exact) mass is 323 g/mol. The van der Waals surface area contributed by atoms with Crippen LogP contribution in [0.4, 0.5) is 0 Å². The molecule has 0 aliphatic rings. The molecule has 0 atom stereocenters. The zero-order valence-electron chi connectivity index (χ0n) is 15.0. The molecule has 0 heterocycles. The van der Waals surface area contributed by atoms with E-state index in [0.717, 1.165) is 30.4 Å². The quantitative estimate of drug-likeness (QED) is 0.568. The van der Waals surface area contributed by atoms with Crippen molar-refractivity contribution in [3.8, 4) is 17.2 Å². The van der Waals surface area contributed by atoms with Gasteiger partial charge in [-0.1, -0.05) is 13.8 Å². The first-order valence-corrected chi connectivity index (χ1v) is 7.86. The van der Waals surface area contributed by atoms with Gasteiger partial charge in [-0.25, -0.2) is 4.99 Å². The van der Waals surface area contributed by atoms with Gasteiger partial charge in [-0.05, 0) is 18.9 Å². The Kier molecular flexibility index (Phi) is 8.08. The molecule has 1 rings (SSSR count). The van der Waals surface area contributed by atoms with Crippen LogP contribution >= 0.6 is 0 Å². The minimum absolute atomic E-state index is 0.483. The average Bonchev–Trinajstić information content (AvgIpc) is 2.56. The third kappa shape index (κ3) is 5.88. The third-order valence-electron chi connectivity index (χ3n) is 3.22. The number of aliphatic imine (C=N–C) groups is 1. The van der Waals surface area contributed by atoms with Crippen LogP contribution in [0.1, 0.15) is 26.3 Å². The van der Waals surface area contributed by atoms with Crippen LogP contribution in [0.5, 0.6) is 17.2 Å². The topological polar surface area (TPSA) is 64.1 Å². The first kappa shape index (κ1) is 18.9. The minimum atomic E-state index is 0.483. The van der Waals surface area contributed by atoms with E-state index in [-0.39, 0.29) is 0 Å². The van der Waals surface area contributed by atoms with Crippen molar-refractivity contribution in [3.63, 3.8) is 0 Å². The second kappa shape index (κ2) is 9.82. The van der Waals surface area contributed by atoms with Crippen LogP contribution in [0.25, 0.3) is 0 Å². The van der Waals surface area contributed by atoms with E-state index in [2.05, 4.69) is 29.5 Å². The zero-order chi connectivity index (χ0) is 17.2. The van der Waals surface area contributed by atoms with Crippen LogP contribution in [0.3, 0.4) is 0 Å². The summed E-state index contributed by atoms with van der Waals surface area (Å²) in [6.45, 7) is 8.53. The van der Waals surface area contributed by atoms with Crippen molar-refractivity contribution >= 4 is 5.96 Å². The SMILES string of the molecule is CCNC(=NCc1cc(OC)c(OC)cc1OC)NCC(C)C. The maximum absolute atomic E-state index is 5.43. The summed E-state index contributed by atoms with van der Waals surface area (Å²) in [4.78, 5) is 4.61. The number of guanidine groups is 1. The zero-order valence-corrected chi connectivity index (χ0v) is 15.0. The summed E-state index contributed by atoms with van der Waals surface area (Å²) < 4.78 is 16.1. The molecule has 0 fully saturated rings. The summed E-state index contributed by atoms with van der Waals surface area (Å²) >= 11 is 0. The Labute approximate surface area is 139 Å². The Morgan fingerprint density at radius 1 is 1.00 bits per heavy atom. The highest BCUT2D eigenvalue weighted by Gasteiger charge is 2.11. The van der Waals surface area contributed by atoms with Crippen LogP contribution < -0.4 is 24.8 Å². The van der Waals surface area contributed by atoms with Gasteiger partial charge in [0.25, 0.3) is 0 Å². The molecule has 0 radical (unpaired) electrons. The highest BCUT2D eigenvalue weighted by atomic mass is 16.5. The smallest absolute Gasteiger partial charge is 0.191 e. The maximum atomic E-state index is 5.43. The molecule has 0 aliphatic heterocycles. The number of nitrogens with zero attached hydrogens (tertiary/aromatic N) is 1. The molecule has 0 aromatic heterocycles. The van der Waals surface area contributed by atoms with Gasteiger partial charge in [0.1, 0.15) is 5.75 Å². The van der Waals surface area contributed by atoms with Gasteiger partial charge in [-0.3, -0.25) is 0 Å². The van der Waals surface area contributed by atoms with E-state index in [1.807, 2.05) is 19.1 Å². The molecule has 0 unspecified atom stereocenters. The normalized spacial score (nSPS) is 11.3. The van der Waals surface area contributed by atoms with Crippen LogP contribution in [0.2, 0.25) is 0 Å². The number of hydrogen-bond acceptors (Lipinski definition) is 4. The molecule has 130 valence electrons. The van der Waals surface area contributed by atoms with E-state index >= 15 is 0 Å². The molecule has 1 aromatic carbocycles. The predicted octanol–water partition coefficient (Wildman–Crippen LogP) is 2.42. The lowest BCUT2D eigenvalue weighted by atomic mass is 10.1. The van der Waals surface area contributed by atoms with Crippen molar-refractivity contribution in [2.45, 2.75) is 27.3 Å². The van der Waals surface area contributed by atoms with Gasteiger partial charge >= 0.3 is 0 Å². The number of rotatable bonds is 8. The third-order valence-corrected chi connectivity index (χ3v) is 3.22. The summed E-state index contributed by atoms with van der Waals surface area (Å²) in [5.74, 6) is 3.37. The van der Waals surface area contributed by atoms with E-state index in [1.54, 1.807) is 21.3 Å². The van der Waals surface area contributed by atoms with Crippen LogP contribution in [-0.4, -0.2) is 40.4 Å². The lowest BCUT2D eigenvalue weighted by molar-refractivity contribution is 0.347. The van der Waals surface area contributed by atoms with Gasteiger partial charge in [0, 0.05) is 24.7 Å². The fourth-order valence-corrected chi connectivity index (χ4v) is 2.02. The van der Waals surface area contributed by atoms with Crippen LogP contribution in [-0.2, 0) is 6.54 Å². The lowest BCUT2D eigenvalue weighted by Gasteiger charge is -2.15. The molecule has 1 aromatic rings. The summed E-state index contributed by atoms with van der Waals surface area (Å²) in [6, 6.07) is 3.71. The molecule has 6 nitrogen and oxygen atoms in total. The summed E-state index contributed by atoms with van der Waals surface area (Å²) in [7, 11) is 4.86. The van der Waals surface area contributed by atoms with E-state index in [1.165, 1.54) is 0 Å². The number of nitrogens with one attached hydrogen (secondary N) is 2. The van der Waals surface area contributed by atoms with Crippen LogP contribution in [0, 0.1) is 5.92 Å². The fraction of sp³-hybridized carbons (Fsp3) is 0.588. The van der Waals surface area contributed by atoms with Crippen molar-refractivity contribution in [1.29, 1.82) is 0 Å². The Morgan fingerprint density at radius 2 is 1.61 bits per heavy atom. The van der Waals surface area contributed by atoms with Crippen molar-refractivity contribution in [2.75, 3.05) is 34.4 Å². The van der Waals surface area contributed by atoms with E-state index in [0.29, 0.717) is 24.0 Å². The fourth-order valence-electron chi connectivity index (χ4n) is 2.02. The molecule has 0 saturated heterocycles. The summed E-state index contributed by atoms with van der Waals surface area (Å²) in [6.07, 6.45) is 0. The van der Waals surface area contributed by atoms with Gasteiger partial charge in [0.05, 0.1) is 27.9 Å². The molecule has 0 spiro atoms. The van der Waals surface area contributed by atoms with Crippen LogP contribution in [0.15, 0.2) is 17.1 Å². The number of methoxy groups -OCH3 is 3. The van der Waals surface area contributed by atoms with Crippen molar-refractivity contribution in [3.05, 3.63) is 17.7 Å². The van der Waals surface area contributed by atoms with E-state index in [9.17, 15) is 0 Å². The highest BCUT2D eigenvalue weighted by Crippen LogP contribution is 2.34. The van der Waals surface area contributed by atoms with E-state index < -0.39 is 0 Å². The molecule has 0 amide bonds. The molecule has 0 bridgehead atoms. The van der Waals surface area contributed by atoms with Gasteiger partial charge in [-0.2, -0.15) is 0 Å². The highest BCUT2D eigenvalue weighted by molar-refractivity contribution is 5.79. The first-order chi connectivity index (χ1) is 11.0. The first-order valence-electron chi connectivity index (χ1n) is 7.86. The molecule has 2 N–H and O–H groups in total. The van der Waals surface area contributed by atoms with Gasteiger partial charge < -0.3 is 24.8 Å². The van der Waals surface area contributed by atoms with Gasteiger partial charge in [0.2, 0.25) is 0 Å². The molecule has 6 heteroatoms. The lowest BCUT2D eigenvalue weighted by Crippen LogP contribution is -2.39. The number of ether oxygens (including phenoxy) is 3. The standard InChI is InChI=1S/C17H29N3O3/c1-7-18-17(19-10-12(2)3)20-11-13-8-15(22-5)16(23-6)9-14(13)21-4/h8-9,12H,7,10-11H2,1-6H3,(H2,18,19,20). The van der Waals surface area contributed by atoms with Crippen molar-refractivity contribution in [2.24, 2.45) is 10.9 Å². The van der Waals surface area contributed by atoms with Gasteiger partial charge in [0.15, 0.2) is 17.5 Å². The Balaban J connectivity index is 2.97. The maximum Gasteiger partial charge on any atom is 0.191 e. The second-order valence-electron chi connectivity index (χ2n) is 5.49. The largest absolute Gasteiger partial charge is 0.496 e. The Hall–Kier alpha value is -2.11. The van der Waals surface area contributed by atoms with Crippen molar-refractivity contribution < 1.29 is 14.2 Å². The summed E-state index contributed by atoms with van der Waals surface area (Å²) in [5.41, 5.74) is 0.937. The molecule has 0 saturated carbocycles. The molecule has 0 aliphatic carbocycles. The molecule has 23 heavy (non-hydrogen) atoms. The Morgan fingerprint density at radius 3 is 2.13 bits per heavy atom. The van der Waals surface area contributed by atoms with Gasteiger partial charge in [-0.15, -0.1) is 0 Å².